The first-order chi connectivity index (χ1) is 16.6. The smallest absolute Gasteiger partial charge is 0.276 e. The highest BCUT2D eigenvalue weighted by atomic mass is 32.2. The second-order valence-corrected chi connectivity index (χ2v) is 9.27. The number of amides is 1. The maximum absolute atomic E-state index is 13.3. The number of hydrogen-bond acceptors (Lipinski definition) is 6. The summed E-state index contributed by atoms with van der Waals surface area (Å²) in [5.74, 6) is 1.53. The van der Waals surface area contributed by atoms with Crippen LogP contribution >= 0.6 is 11.8 Å². The van der Waals surface area contributed by atoms with E-state index < -0.39 is 6.17 Å². The Balaban J connectivity index is 1.50. The van der Waals surface area contributed by atoms with Gasteiger partial charge in [-0.25, -0.2) is 14.4 Å². The average molecular weight is 477 g/mol. The Kier molecular flexibility index (Phi) is 6.49. The van der Waals surface area contributed by atoms with Crippen LogP contribution in [-0.2, 0) is 4.79 Å². The summed E-state index contributed by atoms with van der Waals surface area (Å²) >= 11 is 1.54. The number of rotatable bonds is 7. The quantitative estimate of drug-likeness (QED) is 0.508. The summed E-state index contributed by atoms with van der Waals surface area (Å²) in [5, 5.41) is 11.4. The van der Waals surface area contributed by atoms with E-state index in [2.05, 4.69) is 12.2 Å². The second-order valence-electron chi connectivity index (χ2n) is 8.19. The SMILES string of the molecule is CCCCCCSC1=NN2C(=c3ccccc3=N[C@@H]2c2ccc(-c3ccc(F)cc3)o2)C(=O)N1. The summed E-state index contributed by atoms with van der Waals surface area (Å²) in [6.07, 6.45) is 3.99. The number of nitrogens with one attached hydrogen (secondary N) is 1. The monoisotopic (exact) mass is 476 g/mol. The van der Waals surface area contributed by atoms with Gasteiger partial charge in [-0.05, 0) is 48.9 Å². The van der Waals surface area contributed by atoms with Crippen LogP contribution in [0.3, 0.4) is 0 Å². The molecule has 1 amide bonds. The normalized spacial score (nSPS) is 16.9. The molecule has 6 nitrogen and oxygen atoms in total. The van der Waals surface area contributed by atoms with E-state index in [1.165, 1.54) is 25.0 Å². The number of fused-ring (bicyclic) bond motifs is 2. The largest absolute Gasteiger partial charge is 0.457 e. The molecule has 3 aromatic rings. The summed E-state index contributed by atoms with van der Waals surface area (Å²) in [6, 6.07) is 17.3. The van der Waals surface area contributed by atoms with Crippen molar-refractivity contribution in [3.05, 3.63) is 82.8 Å². The minimum Gasteiger partial charge on any atom is -0.457 e. The summed E-state index contributed by atoms with van der Waals surface area (Å²) in [7, 11) is 0. The van der Waals surface area contributed by atoms with Crippen molar-refractivity contribution < 1.29 is 13.6 Å². The van der Waals surface area contributed by atoms with E-state index in [1.807, 2.05) is 36.4 Å². The molecule has 0 fully saturated rings. The third-order valence-electron chi connectivity index (χ3n) is 5.76. The van der Waals surface area contributed by atoms with Crippen LogP contribution in [0.25, 0.3) is 17.0 Å². The molecule has 8 heteroatoms. The van der Waals surface area contributed by atoms with Gasteiger partial charge < -0.3 is 4.42 Å². The van der Waals surface area contributed by atoms with Crippen LogP contribution in [0, 0.1) is 5.82 Å². The summed E-state index contributed by atoms with van der Waals surface area (Å²) in [6.45, 7) is 2.18. The van der Waals surface area contributed by atoms with Crippen molar-refractivity contribution in [1.29, 1.82) is 0 Å². The second kappa shape index (κ2) is 9.85. The number of amidine groups is 1. The molecule has 0 unspecified atom stereocenters. The van der Waals surface area contributed by atoms with Crippen molar-refractivity contribution in [2.45, 2.75) is 38.8 Å². The van der Waals surface area contributed by atoms with Gasteiger partial charge in [0, 0.05) is 16.5 Å². The number of nitrogens with zero attached hydrogens (tertiary/aromatic N) is 3. The Bertz CT molecular complexity index is 1350. The Labute approximate surface area is 201 Å². The third-order valence-corrected chi connectivity index (χ3v) is 6.71. The topological polar surface area (TPSA) is 70.2 Å². The summed E-state index contributed by atoms with van der Waals surface area (Å²) in [5.41, 5.74) is 1.21. The molecule has 3 heterocycles. The van der Waals surface area contributed by atoms with E-state index in [0.717, 1.165) is 29.4 Å². The fraction of sp³-hybridized carbons (Fsp3) is 0.269. The highest BCUT2D eigenvalue weighted by molar-refractivity contribution is 8.13. The molecular formula is C26H25FN4O2S. The lowest BCUT2D eigenvalue weighted by atomic mass is 10.1. The molecule has 0 radical (unpaired) electrons. The van der Waals surface area contributed by atoms with Gasteiger partial charge in [-0.15, -0.1) is 5.10 Å². The molecule has 2 aromatic carbocycles. The molecule has 0 aliphatic carbocycles. The Hall–Kier alpha value is -3.39. The van der Waals surface area contributed by atoms with E-state index in [9.17, 15) is 9.18 Å². The predicted octanol–water partition coefficient (Wildman–Crippen LogP) is 4.54. The maximum Gasteiger partial charge on any atom is 0.276 e. The number of halogens is 1. The van der Waals surface area contributed by atoms with Gasteiger partial charge >= 0.3 is 0 Å². The highest BCUT2D eigenvalue weighted by Gasteiger charge is 2.35. The van der Waals surface area contributed by atoms with Crippen LogP contribution in [0.15, 0.2) is 75.2 Å². The van der Waals surface area contributed by atoms with Gasteiger partial charge in [0.15, 0.2) is 10.9 Å². The summed E-state index contributed by atoms with van der Waals surface area (Å²) in [4.78, 5) is 18.0. The van der Waals surface area contributed by atoms with Crippen molar-refractivity contribution in [1.82, 2.24) is 10.3 Å². The minimum absolute atomic E-state index is 0.205. The Morgan fingerprint density at radius 3 is 2.71 bits per heavy atom. The highest BCUT2D eigenvalue weighted by Crippen LogP contribution is 2.34. The van der Waals surface area contributed by atoms with E-state index in [4.69, 9.17) is 14.5 Å². The van der Waals surface area contributed by atoms with Crippen LogP contribution < -0.4 is 15.9 Å². The lowest BCUT2D eigenvalue weighted by molar-refractivity contribution is -0.116. The number of para-hydroxylation sites is 1. The number of unbranched alkanes of at least 4 members (excludes halogenated alkanes) is 3. The van der Waals surface area contributed by atoms with Gasteiger partial charge in [-0.3, -0.25) is 10.1 Å². The van der Waals surface area contributed by atoms with Crippen LogP contribution in [-0.4, -0.2) is 21.8 Å². The van der Waals surface area contributed by atoms with Crippen molar-refractivity contribution >= 4 is 28.5 Å². The van der Waals surface area contributed by atoms with E-state index >= 15 is 0 Å². The molecule has 2 aliphatic rings. The molecule has 0 spiro atoms. The lowest BCUT2D eigenvalue weighted by Crippen LogP contribution is -2.50. The van der Waals surface area contributed by atoms with Crippen LogP contribution in [0.4, 0.5) is 4.39 Å². The van der Waals surface area contributed by atoms with Crippen LogP contribution in [0.1, 0.15) is 44.5 Å². The molecule has 0 saturated heterocycles. The van der Waals surface area contributed by atoms with Crippen molar-refractivity contribution in [2.24, 2.45) is 10.1 Å². The number of thioether (sulfide) groups is 1. The van der Waals surface area contributed by atoms with E-state index in [1.54, 1.807) is 28.9 Å². The Morgan fingerprint density at radius 1 is 1.06 bits per heavy atom. The zero-order chi connectivity index (χ0) is 23.5. The first-order valence-corrected chi connectivity index (χ1v) is 12.5. The molecule has 174 valence electrons. The van der Waals surface area contributed by atoms with Crippen molar-refractivity contribution in [3.63, 3.8) is 0 Å². The fourth-order valence-electron chi connectivity index (χ4n) is 4.04. The van der Waals surface area contributed by atoms with Gasteiger partial charge in [0.1, 0.15) is 17.3 Å². The molecule has 5 rings (SSSR count). The van der Waals surface area contributed by atoms with Crippen molar-refractivity contribution in [2.75, 3.05) is 5.75 Å². The number of benzene rings is 2. The molecule has 1 N–H and O–H groups in total. The molecule has 1 atom stereocenters. The number of furan rings is 1. The minimum atomic E-state index is -0.624. The first kappa shape index (κ1) is 22.4. The molecular weight excluding hydrogens is 451 g/mol. The average Bonchev–Trinajstić information content (AvgIpc) is 3.34. The zero-order valence-corrected chi connectivity index (χ0v) is 19.6. The van der Waals surface area contributed by atoms with E-state index in [0.29, 0.717) is 27.7 Å². The van der Waals surface area contributed by atoms with Gasteiger partial charge in [0.05, 0.1) is 5.36 Å². The van der Waals surface area contributed by atoms with Gasteiger partial charge in [0.25, 0.3) is 5.91 Å². The molecule has 34 heavy (non-hydrogen) atoms. The van der Waals surface area contributed by atoms with Gasteiger partial charge in [-0.1, -0.05) is 56.1 Å². The predicted molar refractivity (Wildman–Crippen MR) is 131 cm³/mol. The van der Waals surface area contributed by atoms with Gasteiger partial charge in [0.2, 0.25) is 6.17 Å². The van der Waals surface area contributed by atoms with Gasteiger partial charge in [-0.2, -0.15) is 0 Å². The number of carbonyl (C=O) groups excluding carboxylic acids is 1. The number of carbonyl (C=O) groups is 1. The third kappa shape index (κ3) is 4.50. The molecule has 0 bridgehead atoms. The lowest BCUT2D eigenvalue weighted by Gasteiger charge is -2.32. The summed E-state index contributed by atoms with van der Waals surface area (Å²) < 4.78 is 19.5. The fourth-order valence-corrected chi connectivity index (χ4v) is 4.89. The maximum atomic E-state index is 13.3. The standard InChI is InChI=1S/C26H25FN4O2S/c1-2-3-4-7-16-34-26-29-25(32)23-19-8-5-6-9-20(19)28-24(31(23)30-26)22-15-14-21(33-22)17-10-12-18(27)13-11-17/h5-6,8-15,24H,2-4,7,16H2,1H3,(H,29,30,32)/t24-/m0/s1. The number of hydrazone groups is 1. The van der Waals surface area contributed by atoms with Crippen LogP contribution in [0.5, 0.6) is 0 Å². The van der Waals surface area contributed by atoms with Crippen molar-refractivity contribution in [3.8, 4) is 11.3 Å². The zero-order valence-electron chi connectivity index (χ0n) is 18.8. The van der Waals surface area contributed by atoms with Crippen LogP contribution in [0.2, 0.25) is 0 Å². The Morgan fingerprint density at radius 2 is 1.88 bits per heavy atom. The first-order valence-electron chi connectivity index (χ1n) is 11.5. The molecule has 2 aliphatic heterocycles. The molecule has 0 saturated carbocycles. The van der Waals surface area contributed by atoms with E-state index in [-0.39, 0.29) is 11.7 Å². The molecule has 1 aromatic heterocycles. The number of hydrogen-bond donors (Lipinski definition) is 1.